The van der Waals surface area contributed by atoms with Crippen LogP contribution in [0.4, 0.5) is 0 Å². The Kier molecular flexibility index (Phi) is 8.95. The van der Waals surface area contributed by atoms with Crippen LogP contribution in [0.25, 0.3) is 11.1 Å². The second-order valence-electron chi connectivity index (χ2n) is 7.07. The molecular weight excluding hydrogens is 416 g/mol. The van der Waals surface area contributed by atoms with E-state index in [9.17, 15) is 24.3 Å². The van der Waals surface area contributed by atoms with Gasteiger partial charge in [-0.2, -0.15) is 0 Å². The summed E-state index contributed by atoms with van der Waals surface area (Å²) in [6, 6.07) is 10.2. The first-order valence-corrected chi connectivity index (χ1v) is 10.2. The largest absolute Gasteiger partial charge is 0.481 e. The van der Waals surface area contributed by atoms with Crippen LogP contribution in [-0.4, -0.2) is 47.3 Å². The standard InChI is InChI=1S/C24H26O8/c1-3-31-23(29)13-18-8-6-15(9-19(18)12-22(27)28)16-5-7-17(11-21(25)26)20(10-16)14-24(30)32-4-2/h5-10H,3-4,11-14H2,1-2H3,(H,25,26)(H,27,28). The molecule has 2 aromatic rings. The van der Waals surface area contributed by atoms with Crippen molar-refractivity contribution in [3.05, 3.63) is 58.7 Å². The van der Waals surface area contributed by atoms with Gasteiger partial charge in [0.1, 0.15) is 0 Å². The van der Waals surface area contributed by atoms with Crippen LogP contribution in [0, 0.1) is 0 Å². The predicted octanol–water partition coefficient (Wildman–Crippen LogP) is 2.82. The minimum Gasteiger partial charge on any atom is -0.481 e. The molecule has 0 spiro atoms. The number of aliphatic carboxylic acids is 2. The van der Waals surface area contributed by atoms with Gasteiger partial charge in [-0.25, -0.2) is 0 Å². The summed E-state index contributed by atoms with van der Waals surface area (Å²) in [6.45, 7) is 3.83. The van der Waals surface area contributed by atoms with Crippen molar-refractivity contribution in [2.75, 3.05) is 13.2 Å². The molecule has 0 unspecified atom stereocenters. The first-order chi connectivity index (χ1) is 15.2. The fraction of sp³-hybridized carbons (Fsp3) is 0.333. The Balaban J connectivity index is 2.45. The van der Waals surface area contributed by atoms with Crippen molar-refractivity contribution >= 4 is 23.9 Å². The normalized spacial score (nSPS) is 10.4. The highest BCUT2D eigenvalue weighted by Gasteiger charge is 2.16. The Morgan fingerprint density at radius 3 is 1.44 bits per heavy atom. The molecule has 0 heterocycles. The van der Waals surface area contributed by atoms with Crippen LogP contribution in [0.3, 0.4) is 0 Å². The SMILES string of the molecule is CCOC(=O)Cc1ccc(-c2ccc(CC(=O)O)c(CC(=O)OCC)c2)cc1CC(=O)O. The highest BCUT2D eigenvalue weighted by molar-refractivity contribution is 5.79. The number of benzene rings is 2. The van der Waals surface area contributed by atoms with Crippen LogP contribution < -0.4 is 0 Å². The molecule has 0 fully saturated rings. The van der Waals surface area contributed by atoms with Crippen LogP contribution in [0.1, 0.15) is 36.1 Å². The van der Waals surface area contributed by atoms with E-state index in [1.807, 2.05) is 0 Å². The molecule has 0 aliphatic rings. The summed E-state index contributed by atoms with van der Waals surface area (Å²) in [5.41, 5.74) is 3.43. The number of rotatable bonds is 11. The molecule has 0 aromatic heterocycles. The third kappa shape index (κ3) is 7.23. The molecule has 0 radical (unpaired) electrons. The number of carboxylic acid groups (broad SMARTS) is 2. The van der Waals surface area contributed by atoms with Crippen molar-refractivity contribution in [3.63, 3.8) is 0 Å². The van der Waals surface area contributed by atoms with Crippen LogP contribution in [0.15, 0.2) is 36.4 Å². The first-order valence-electron chi connectivity index (χ1n) is 10.2. The average molecular weight is 442 g/mol. The predicted molar refractivity (Wildman–Crippen MR) is 115 cm³/mol. The van der Waals surface area contributed by atoms with E-state index in [-0.39, 0.29) is 38.9 Å². The molecule has 0 amide bonds. The highest BCUT2D eigenvalue weighted by atomic mass is 16.5. The van der Waals surface area contributed by atoms with Crippen LogP contribution >= 0.6 is 0 Å². The monoisotopic (exact) mass is 442 g/mol. The highest BCUT2D eigenvalue weighted by Crippen LogP contribution is 2.27. The molecule has 32 heavy (non-hydrogen) atoms. The molecule has 8 heteroatoms. The molecule has 0 aliphatic carbocycles. The molecule has 0 aliphatic heterocycles. The zero-order valence-corrected chi connectivity index (χ0v) is 18.1. The van der Waals surface area contributed by atoms with Crippen molar-refractivity contribution < 1.29 is 38.9 Å². The van der Waals surface area contributed by atoms with E-state index in [4.69, 9.17) is 14.6 Å². The maximum atomic E-state index is 12.0. The van der Waals surface area contributed by atoms with Gasteiger partial charge in [0.2, 0.25) is 0 Å². The van der Waals surface area contributed by atoms with E-state index in [1.165, 1.54) is 0 Å². The molecule has 0 atom stereocenters. The third-order valence-electron chi connectivity index (χ3n) is 4.71. The Bertz CT molecular complexity index is 1010. The first kappa shape index (κ1) is 24.6. The zero-order valence-electron chi connectivity index (χ0n) is 18.1. The van der Waals surface area contributed by atoms with E-state index >= 15 is 0 Å². The maximum Gasteiger partial charge on any atom is 0.310 e. The Morgan fingerprint density at radius 1 is 0.625 bits per heavy atom. The summed E-state index contributed by atoms with van der Waals surface area (Å²) < 4.78 is 9.95. The molecule has 8 nitrogen and oxygen atoms in total. The lowest BCUT2D eigenvalue weighted by atomic mass is 9.92. The molecule has 2 aromatic carbocycles. The van der Waals surface area contributed by atoms with Crippen molar-refractivity contribution in [1.29, 1.82) is 0 Å². The van der Waals surface area contributed by atoms with Crippen LogP contribution in [-0.2, 0) is 54.3 Å². The fourth-order valence-electron chi connectivity index (χ4n) is 3.35. The Morgan fingerprint density at radius 2 is 1.00 bits per heavy atom. The van der Waals surface area contributed by atoms with E-state index in [1.54, 1.807) is 50.2 Å². The van der Waals surface area contributed by atoms with Gasteiger partial charge in [0.15, 0.2) is 0 Å². The van der Waals surface area contributed by atoms with Crippen molar-refractivity contribution in [1.82, 2.24) is 0 Å². The minimum atomic E-state index is -1.04. The lowest BCUT2D eigenvalue weighted by Gasteiger charge is -2.13. The summed E-state index contributed by atoms with van der Waals surface area (Å²) in [5, 5.41) is 18.4. The number of esters is 2. The number of ether oxygens (including phenoxy) is 2. The third-order valence-corrected chi connectivity index (χ3v) is 4.71. The van der Waals surface area contributed by atoms with Crippen LogP contribution in [0.2, 0.25) is 0 Å². The molecule has 0 saturated heterocycles. The van der Waals surface area contributed by atoms with E-state index in [0.717, 1.165) is 0 Å². The summed E-state index contributed by atoms with van der Waals surface area (Å²) in [6.07, 6.45) is -0.622. The zero-order chi connectivity index (χ0) is 23.7. The number of hydrogen-bond donors (Lipinski definition) is 2. The Labute approximate surface area is 185 Å². The van der Waals surface area contributed by atoms with Crippen molar-refractivity contribution in [2.24, 2.45) is 0 Å². The van der Waals surface area contributed by atoms with E-state index in [2.05, 4.69) is 0 Å². The lowest BCUT2D eigenvalue weighted by Crippen LogP contribution is -2.12. The van der Waals surface area contributed by atoms with E-state index < -0.39 is 23.9 Å². The number of carbonyl (C=O) groups excluding carboxylic acids is 2. The quantitative estimate of drug-likeness (QED) is 0.509. The molecular formula is C24H26O8. The summed E-state index contributed by atoms with van der Waals surface area (Å²) in [5.74, 6) is -2.96. The molecule has 170 valence electrons. The fourth-order valence-corrected chi connectivity index (χ4v) is 3.35. The van der Waals surface area contributed by atoms with Gasteiger partial charge >= 0.3 is 23.9 Å². The van der Waals surface area contributed by atoms with Gasteiger partial charge < -0.3 is 19.7 Å². The summed E-state index contributed by atoms with van der Waals surface area (Å²) in [7, 11) is 0. The summed E-state index contributed by atoms with van der Waals surface area (Å²) in [4.78, 5) is 46.4. The minimum absolute atomic E-state index is 0.0393. The molecule has 2 rings (SSSR count). The van der Waals surface area contributed by atoms with Gasteiger partial charge in [-0.3, -0.25) is 19.2 Å². The van der Waals surface area contributed by atoms with Gasteiger partial charge in [0, 0.05) is 0 Å². The van der Waals surface area contributed by atoms with Gasteiger partial charge in [-0.15, -0.1) is 0 Å². The molecule has 0 saturated carbocycles. The molecule has 2 N–H and O–H groups in total. The second-order valence-corrected chi connectivity index (χ2v) is 7.07. The van der Waals surface area contributed by atoms with Crippen LogP contribution in [0.5, 0.6) is 0 Å². The number of hydrogen-bond acceptors (Lipinski definition) is 6. The van der Waals surface area contributed by atoms with Gasteiger partial charge in [-0.05, 0) is 47.2 Å². The van der Waals surface area contributed by atoms with E-state index in [0.29, 0.717) is 33.4 Å². The lowest BCUT2D eigenvalue weighted by molar-refractivity contribution is -0.143. The van der Waals surface area contributed by atoms with Crippen molar-refractivity contribution in [2.45, 2.75) is 39.5 Å². The number of carboxylic acids is 2. The van der Waals surface area contributed by atoms with Gasteiger partial charge in [0.05, 0.1) is 38.9 Å². The number of carbonyl (C=O) groups is 4. The van der Waals surface area contributed by atoms with Crippen molar-refractivity contribution in [3.8, 4) is 11.1 Å². The summed E-state index contributed by atoms with van der Waals surface area (Å²) >= 11 is 0. The molecule has 0 bridgehead atoms. The topological polar surface area (TPSA) is 127 Å². The maximum absolute atomic E-state index is 12.0. The van der Waals surface area contributed by atoms with Gasteiger partial charge in [0.25, 0.3) is 0 Å². The second kappa shape index (κ2) is 11.6. The smallest absolute Gasteiger partial charge is 0.310 e. The average Bonchev–Trinajstić information content (AvgIpc) is 2.70. The Hall–Kier alpha value is -3.68. The van der Waals surface area contributed by atoms with Gasteiger partial charge in [-0.1, -0.05) is 36.4 Å².